The van der Waals surface area contributed by atoms with Gasteiger partial charge in [-0.25, -0.2) is 0 Å². The van der Waals surface area contributed by atoms with Crippen molar-refractivity contribution < 1.29 is 0 Å². The summed E-state index contributed by atoms with van der Waals surface area (Å²) in [6, 6.07) is 4.55. The van der Waals surface area contributed by atoms with Gasteiger partial charge in [0.05, 0.1) is 17.4 Å². The SMILES string of the molecule is Cc1nn(C)c(N2CCCC2c2ccncc2)c1N. The highest BCUT2D eigenvalue weighted by Gasteiger charge is 2.30. The third-order valence-corrected chi connectivity index (χ3v) is 3.85. The summed E-state index contributed by atoms with van der Waals surface area (Å²) < 4.78 is 1.89. The first-order valence-corrected chi connectivity index (χ1v) is 6.64. The normalized spacial score (nSPS) is 19.1. The number of nitrogens with two attached hydrogens (primary N) is 1. The van der Waals surface area contributed by atoms with Crippen LogP contribution in [0.2, 0.25) is 0 Å². The van der Waals surface area contributed by atoms with Gasteiger partial charge in [0.2, 0.25) is 0 Å². The van der Waals surface area contributed by atoms with Gasteiger partial charge in [-0.05, 0) is 37.5 Å². The second-order valence-electron chi connectivity index (χ2n) is 5.08. The van der Waals surface area contributed by atoms with Gasteiger partial charge in [0.15, 0.2) is 5.82 Å². The second kappa shape index (κ2) is 4.57. The number of aromatic nitrogens is 3. The fourth-order valence-electron chi connectivity index (χ4n) is 2.96. The average Bonchev–Trinajstić information content (AvgIpc) is 2.97. The summed E-state index contributed by atoms with van der Waals surface area (Å²) in [6.07, 6.45) is 6.03. The van der Waals surface area contributed by atoms with Crippen molar-refractivity contribution in [3.8, 4) is 0 Å². The molecule has 1 saturated heterocycles. The summed E-state index contributed by atoms with van der Waals surface area (Å²) in [5.74, 6) is 1.04. The van der Waals surface area contributed by atoms with E-state index in [1.54, 1.807) is 0 Å². The van der Waals surface area contributed by atoms with Crippen LogP contribution in [-0.4, -0.2) is 21.3 Å². The third kappa shape index (κ3) is 1.95. The van der Waals surface area contributed by atoms with Crippen molar-refractivity contribution in [2.45, 2.75) is 25.8 Å². The van der Waals surface area contributed by atoms with E-state index in [4.69, 9.17) is 5.73 Å². The maximum Gasteiger partial charge on any atom is 0.150 e. The van der Waals surface area contributed by atoms with E-state index in [0.29, 0.717) is 6.04 Å². The van der Waals surface area contributed by atoms with E-state index in [0.717, 1.165) is 30.2 Å². The maximum atomic E-state index is 6.19. The quantitative estimate of drug-likeness (QED) is 0.894. The Morgan fingerprint density at radius 1 is 1.32 bits per heavy atom. The Morgan fingerprint density at radius 2 is 2.05 bits per heavy atom. The summed E-state index contributed by atoms with van der Waals surface area (Å²) in [4.78, 5) is 6.46. The zero-order chi connectivity index (χ0) is 13.4. The third-order valence-electron chi connectivity index (χ3n) is 3.85. The Morgan fingerprint density at radius 3 is 2.68 bits per heavy atom. The van der Waals surface area contributed by atoms with Gasteiger partial charge in [-0.3, -0.25) is 9.67 Å². The lowest BCUT2D eigenvalue weighted by Gasteiger charge is -2.27. The van der Waals surface area contributed by atoms with Crippen molar-refractivity contribution in [1.82, 2.24) is 14.8 Å². The molecule has 0 bridgehead atoms. The van der Waals surface area contributed by atoms with E-state index in [1.165, 1.54) is 12.0 Å². The number of hydrogen-bond donors (Lipinski definition) is 1. The van der Waals surface area contributed by atoms with Crippen LogP contribution < -0.4 is 10.6 Å². The highest BCUT2D eigenvalue weighted by molar-refractivity contribution is 5.67. The number of nitrogens with zero attached hydrogens (tertiary/aromatic N) is 4. The molecule has 1 aliphatic rings. The molecule has 1 atom stereocenters. The molecule has 0 aliphatic carbocycles. The van der Waals surface area contributed by atoms with Crippen LogP contribution in [0.4, 0.5) is 11.5 Å². The molecule has 0 saturated carbocycles. The molecule has 19 heavy (non-hydrogen) atoms. The molecule has 0 spiro atoms. The first-order chi connectivity index (χ1) is 9.18. The van der Waals surface area contributed by atoms with Gasteiger partial charge in [-0.15, -0.1) is 0 Å². The lowest BCUT2D eigenvalue weighted by atomic mass is 10.1. The van der Waals surface area contributed by atoms with E-state index < -0.39 is 0 Å². The summed E-state index contributed by atoms with van der Waals surface area (Å²) in [6.45, 7) is 2.98. The summed E-state index contributed by atoms with van der Waals surface area (Å²) in [7, 11) is 1.96. The molecule has 5 nitrogen and oxygen atoms in total. The molecule has 0 aromatic carbocycles. The van der Waals surface area contributed by atoms with E-state index in [1.807, 2.05) is 31.0 Å². The predicted octanol–water partition coefficient (Wildman–Crippen LogP) is 2.05. The molecule has 1 aliphatic heterocycles. The van der Waals surface area contributed by atoms with Crippen LogP contribution in [0.5, 0.6) is 0 Å². The van der Waals surface area contributed by atoms with Crippen LogP contribution in [0.3, 0.4) is 0 Å². The Hall–Kier alpha value is -2.04. The second-order valence-corrected chi connectivity index (χ2v) is 5.08. The highest BCUT2D eigenvalue weighted by atomic mass is 15.4. The molecule has 1 unspecified atom stereocenters. The van der Waals surface area contributed by atoms with Crippen molar-refractivity contribution in [2.24, 2.45) is 7.05 Å². The predicted molar refractivity (Wildman–Crippen MR) is 75.9 cm³/mol. The minimum absolute atomic E-state index is 0.375. The molecule has 100 valence electrons. The topological polar surface area (TPSA) is 60.0 Å². The van der Waals surface area contributed by atoms with Gasteiger partial charge in [-0.2, -0.15) is 5.10 Å². The number of nitrogen functional groups attached to an aromatic ring is 1. The average molecular weight is 257 g/mol. The van der Waals surface area contributed by atoms with Gasteiger partial charge in [0, 0.05) is 26.0 Å². The van der Waals surface area contributed by atoms with Crippen LogP contribution in [-0.2, 0) is 7.05 Å². The standard InChI is InChI=1S/C14H19N5/c1-10-13(15)14(18(2)17-10)19-9-3-4-12(19)11-5-7-16-8-6-11/h5-8,12H,3-4,9,15H2,1-2H3. The molecule has 1 fully saturated rings. The van der Waals surface area contributed by atoms with Crippen molar-refractivity contribution >= 4 is 11.5 Å². The van der Waals surface area contributed by atoms with Crippen LogP contribution in [0.1, 0.15) is 30.1 Å². The number of anilines is 2. The van der Waals surface area contributed by atoms with Crippen molar-refractivity contribution in [1.29, 1.82) is 0 Å². The summed E-state index contributed by atoms with van der Waals surface area (Å²) >= 11 is 0. The molecule has 3 rings (SSSR count). The van der Waals surface area contributed by atoms with Crippen molar-refractivity contribution in [3.63, 3.8) is 0 Å². The van der Waals surface area contributed by atoms with Gasteiger partial charge in [-0.1, -0.05) is 0 Å². The van der Waals surface area contributed by atoms with Crippen molar-refractivity contribution in [3.05, 3.63) is 35.8 Å². The molecule has 2 aromatic heterocycles. The van der Waals surface area contributed by atoms with E-state index in [-0.39, 0.29) is 0 Å². The molecular weight excluding hydrogens is 238 g/mol. The number of aryl methyl sites for hydroxylation is 2. The molecule has 5 heteroatoms. The highest BCUT2D eigenvalue weighted by Crippen LogP contribution is 2.38. The van der Waals surface area contributed by atoms with E-state index >= 15 is 0 Å². The molecule has 2 aromatic rings. The molecular formula is C14H19N5. The minimum Gasteiger partial charge on any atom is -0.394 e. The largest absolute Gasteiger partial charge is 0.394 e. The van der Waals surface area contributed by atoms with Crippen LogP contribution in [0, 0.1) is 6.92 Å². The van der Waals surface area contributed by atoms with Crippen LogP contribution in [0.25, 0.3) is 0 Å². The number of rotatable bonds is 2. The lowest BCUT2D eigenvalue weighted by Crippen LogP contribution is -2.25. The van der Waals surface area contributed by atoms with Gasteiger partial charge in [0.25, 0.3) is 0 Å². The Kier molecular flexibility index (Phi) is 2.89. The lowest BCUT2D eigenvalue weighted by molar-refractivity contribution is 0.669. The summed E-state index contributed by atoms with van der Waals surface area (Å²) in [5.41, 5.74) is 9.18. The Bertz CT molecular complexity index is 575. The first kappa shape index (κ1) is 12.0. The Balaban J connectivity index is 2.00. The van der Waals surface area contributed by atoms with Crippen molar-refractivity contribution in [2.75, 3.05) is 17.2 Å². The van der Waals surface area contributed by atoms with E-state index in [9.17, 15) is 0 Å². The maximum absolute atomic E-state index is 6.19. The van der Waals surface area contributed by atoms with E-state index in [2.05, 4.69) is 27.1 Å². The smallest absolute Gasteiger partial charge is 0.150 e. The minimum atomic E-state index is 0.375. The van der Waals surface area contributed by atoms with Crippen LogP contribution >= 0.6 is 0 Å². The zero-order valence-corrected chi connectivity index (χ0v) is 11.4. The number of pyridine rings is 1. The molecule has 2 N–H and O–H groups in total. The first-order valence-electron chi connectivity index (χ1n) is 6.64. The number of hydrogen-bond acceptors (Lipinski definition) is 4. The molecule has 3 heterocycles. The Labute approximate surface area is 113 Å². The fraction of sp³-hybridized carbons (Fsp3) is 0.429. The fourth-order valence-corrected chi connectivity index (χ4v) is 2.96. The molecule has 0 radical (unpaired) electrons. The van der Waals surface area contributed by atoms with Gasteiger partial charge < -0.3 is 10.6 Å². The van der Waals surface area contributed by atoms with Gasteiger partial charge in [0.1, 0.15) is 0 Å². The zero-order valence-electron chi connectivity index (χ0n) is 11.4. The monoisotopic (exact) mass is 257 g/mol. The molecule has 0 amide bonds. The van der Waals surface area contributed by atoms with Crippen LogP contribution in [0.15, 0.2) is 24.5 Å². The summed E-state index contributed by atoms with van der Waals surface area (Å²) in [5, 5.41) is 4.42. The van der Waals surface area contributed by atoms with Gasteiger partial charge >= 0.3 is 0 Å².